The normalized spacial score (nSPS) is 11.9. The van der Waals surface area contributed by atoms with Crippen LogP contribution >= 0.6 is 0 Å². The van der Waals surface area contributed by atoms with Crippen LogP contribution in [0.3, 0.4) is 0 Å². The molecule has 0 radical (unpaired) electrons. The van der Waals surface area contributed by atoms with Gasteiger partial charge in [0.25, 0.3) is 10.0 Å². The Bertz CT molecular complexity index is 1000. The van der Waals surface area contributed by atoms with Gasteiger partial charge in [0.15, 0.2) is 5.82 Å². The first-order chi connectivity index (χ1) is 11.8. The molecule has 0 bridgehead atoms. The number of hydrogen-bond acceptors (Lipinski definition) is 6. The monoisotopic (exact) mass is 361 g/mol. The number of hydrogen-bond donors (Lipinski definition) is 1. The second-order valence-corrected chi connectivity index (χ2v) is 7.62. The number of aromatic nitrogens is 4. The van der Waals surface area contributed by atoms with Crippen molar-refractivity contribution in [3.8, 4) is 11.4 Å². The van der Waals surface area contributed by atoms with E-state index in [0.29, 0.717) is 28.6 Å². The highest BCUT2D eigenvalue weighted by atomic mass is 32.2. The fourth-order valence-corrected chi connectivity index (χ4v) is 3.88. The van der Waals surface area contributed by atoms with E-state index in [1.54, 1.807) is 42.8 Å². The van der Waals surface area contributed by atoms with Crippen molar-refractivity contribution in [2.75, 3.05) is 4.72 Å². The first-order valence-corrected chi connectivity index (χ1v) is 9.25. The van der Waals surface area contributed by atoms with E-state index < -0.39 is 10.0 Å². The first kappa shape index (κ1) is 17.2. The average Bonchev–Trinajstić information content (AvgIpc) is 3.14. The number of benzene rings is 1. The molecule has 3 aromatic rings. The molecule has 2 aromatic heterocycles. The zero-order valence-electron chi connectivity index (χ0n) is 14.4. The lowest BCUT2D eigenvalue weighted by molar-refractivity contribution is 0.496. The highest BCUT2D eigenvalue weighted by Gasteiger charge is 2.23. The van der Waals surface area contributed by atoms with Gasteiger partial charge in [0, 0.05) is 11.6 Å². The zero-order chi connectivity index (χ0) is 18.2. The van der Waals surface area contributed by atoms with Gasteiger partial charge in [-0.05, 0) is 50.3 Å². The summed E-state index contributed by atoms with van der Waals surface area (Å²) in [5.41, 5.74) is 1.00. The molecular weight excluding hydrogens is 342 g/mol. The third kappa shape index (κ3) is 3.27. The van der Waals surface area contributed by atoms with Gasteiger partial charge in [0.05, 0.1) is 11.7 Å². The lowest BCUT2D eigenvalue weighted by Gasteiger charge is -2.13. The zero-order valence-corrected chi connectivity index (χ0v) is 15.2. The molecule has 0 amide bonds. The Balaban J connectivity index is 2.05. The Kier molecular flexibility index (Phi) is 4.34. The quantitative estimate of drug-likeness (QED) is 0.749. The number of para-hydroxylation sites is 1. The predicted octanol–water partition coefficient (Wildman–Crippen LogP) is 2.93. The molecule has 0 aliphatic rings. The molecule has 132 valence electrons. The van der Waals surface area contributed by atoms with Crippen LogP contribution in [-0.4, -0.2) is 28.6 Å². The van der Waals surface area contributed by atoms with Crippen LogP contribution < -0.4 is 4.72 Å². The van der Waals surface area contributed by atoms with Gasteiger partial charge < -0.3 is 4.42 Å². The summed E-state index contributed by atoms with van der Waals surface area (Å²) in [6.07, 6.45) is 0. The summed E-state index contributed by atoms with van der Waals surface area (Å²) < 4.78 is 35.1. The third-order valence-electron chi connectivity index (χ3n) is 3.68. The van der Waals surface area contributed by atoms with Crippen molar-refractivity contribution in [1.82, 2.24) is 20.2 Å². The summed E-state index contributed by atoms with van der Waals surface area (Å²) in [6.45, 7) is 7.22. The van der Waals surface area contributed by atoms with Crippen molar-refractivity contribution in [3.05, 3.63) is 41.9 Å². The Morgan fingerprint density at radius 1 is 1.20 bits per heavy atom. The minimum absolute atomic E-state index is 0.0356. The lowest BCUT2D eigenvalue weighted by atomic mass is 10.1. The van der Waals surface area contributed by atoms with Crippen LogP contribution in [0, 0.1) is 13.8 Å². The van der Waals surface area contributed by atoms with E-state index in [4.69, 9.17) is 4.42 Å². The van der Waals surface area contributed by atoms with E-state index in [0.717, 1.165) is 0 Å². The van der Waals surface area contributed by atoms with Crippen molar-refractivity contribution in [3.63, 3.8) is 0 Å². The summed E-state index contributed by atoms with van der Waals surface area (Å²) in [4.78, 5) is 0.114. The van der Waals surface area contributed by atoms with Gasteiger partial charge in [-0.25, -0.2) is 13.1 Å². The molecule has 9 heteroatoms. The van der Waals surface area contributed by atoms with Crippen molar-refractivity contribution < 1.29 is 12.8 Å². The minimum Gasteiger partial charge on any atom is -0.465 e. The Labute approximate surface area is 145 Å². The van der Waals surface area contributed by atoms with Gasteiger partial charge in [-0.3, -0.25) is 4.72 Å². The smallest absolute Gasteiger partial charge is 0.265 e. The van der Waals surface area contributed by atoms with Gasteiger partial charge in [0.2, 0.25) is 0 Å². The van der Waals surface area contributed by atoms with Gasteiger partial charge in [-0.2, -0.15) is 0 Å². The highest BCUT2D eigenvalue weighted by Crippen LogP contribution is 2.30. The van der Waals surface area contributed by atoms with Crippen molar-refractivity contribution in [2.24, 2.45) is 0 Å². The molecule has 2 heterocycles. The van der Waals surface area contributed by atoms with E-state index in [1.807, 2.05) is 13.8 Å². The summed E-state index contributed by atoms with van der Waals surface area (Å²) in [5, 5.41) is 11.7. The molecule has 0 aliphatic heterocycles. The van der Waals surface area contributed by atoms with Crippen LogP contribution in [0.2, 0.25) is 0 Å². The summed E-state index contributed by atoms with van der Waals surface area (Å²) >= 11 is 0. The third-order valence-corrected chi connectivity index (χ3v) is 5.15. The Hall–Kier alpha value is -2.68. The Morgan fingerprint density at radius 2 is 1.92 bits per heavy atom. The summed E-state index contributed by atoms with van der Waals surface area (Å²) in [6, 6.07) is 8.54. The Morgan fingerprint density at radius 3 is 2.56 bits per heavy atom. The molecule has 0 saturated heterocycles. The van der Waals surface area contributed by atoms with E-state index in [-0.39, 0.29) is 10.9 Å². The predicted molar refractivity (Wildman–Crippen MR) is 92.6 cm³/mol. The SMILES string of the molecule is Cc1cc(S(=O)(=O)Nc2ccccc2-c2nnnn2C(C)C)c(C)o1. The number of aryl methyl sites for hydroxylation is 2. The molecule has 0 fully saturated rings. The van der Waals surface area contributed by atoms with Crippen LogP contribution in [0.25, 0.3) is 11.4 Å². The number of anilines is 1. The maximum Gasteiger partial charge on any atom is 0.265 e. The maximum atomic E-state index is 12.7. The number of nitrogens with zero attached hydrogens (tertiary/aromatic N) is 4. The maximum absolute atomic E-state index is 12.7. The van der Waals surface area contributed by atoms with Crippen molar-refractivity contribution in [2.45, 2.75) is 38.6 Å². The van der Waals surface area contributed by atoms with Crippen LogP contribution in [-0.2, 0) is 10.0 Å². The molecule has 0 atom stereocenters. The summed E-state index contributed by atoms with van der Waals surface area (Å²) in [5.74, 6) is 1.37. The van der Waals surface area contributed by atoms with Crippen LogP contribution in [0.15, 0.2) is 39.6 Å². The fraction of sp³-hybridized carbons (Fsp3) is 0.312. The molecule has 1 N–H and O–H groups in total. The fourth-order valence-electron chi connectivity index (χ4n) is 2.56. The number of sulfonamides is 1. The van der Waals surface area contributed by atoms with Gasteiger partial charge in [0.1, 0.15) is 16.4 Å². The van der Waals surface area contributed by atoms with E-state index in [9.17, 15) is 8.42 Å². The van der Waals surface area contributed by atoms with E-state index in [2.05, 4.69) is 20.2 Å². The first-order valence-electron chi connectivity index (χ1n) is 7.76. The van der Waals surface area contributed by atoms with Gasteiger partial charge >= 0.3 is 0 Å². The van der Waals surface area contributed by atoms with Gasteiger partial charge in [-0.15, -0.1) is 5.10 Å². The number of tetrazole rings is 1. The van der Waals surface area contributed by atoms with E-state index in [1.165, 1.54) is 6.07 Å². The molecule has 0 spiro atoms. The largest absolute Gasteiger partial charge is 0.465 e. The van der Waals surface area contributed by atoms with Gasteiger partial charge in [-0.1, -0.05) is 12.1 Å². The molecule has 25 heavy (non-hydrogen) atoms. The molecule has 1 aromatic carbocycles. The number of rotatable bonds is 5. The average molecular weight is 361 g/mol. The summed E-state index contributed by atoms with van der Waals surface area (Å²) in [7, 11) is -3.79. The molecule has 8 nitrogen and oxygen atoms in total. The molecular formula is C16H19N5O3S. The minimum atomic E-state index is -3.79. The van der Waals surface area contributed by atoms with Crippen LogP contribution in [0.1, 0.15) is 31.4 Å². The highest BCUT2D eigenvalue weighted by molar-refractivity contribution is 7.92. The van der Waals surface area contributed by atoms with E-state index >= 15 is 0 Å². The number of furan rings is 1. The van der Waals surface area contributed by atoms with Crippen LogP contribution in [0.4, 0.5) is 5.69 Å². The standard InChI is InChI=1S/C16H19N5O3S/c1-10(2)21-16(17-19-20-21)13-7-5-6-8-14(13)18-25(22,23)15-9-11(3)24-12(15)4/h5-10,18H,1-4H3. The second-order valence-electron chi connectivity index (χ2n) is 5.97. The second kappa shape index (κ2) is 6.32. The topological polar surface area (TPSA) is 103 Å². The lowest BCUT2D eigenvalue weighted by Crippen LogP contribution is -2.14. The number of nitrogens with one attached hydrogen (secondary N) is 1. The molecule has 0 unspecified atom stereocenters. The molecule has 3 rings (SSSR count). The van der Waals surface area contributed by atoms with Crippen molar-refractivity contribution in [1.29, 1.82) is 0 Å². The molecule has 0 aliphatic carbocycles. The van der Waals surface area contributed by atoms with Crippen molar-refractivity contribution >= 4 is 15.7 Å². The van der Waals surface area contributed by atoms with Crippen LogP contribution in [0.5, 0.6) is 0 Å². The molecule has 0 saturated carbocycles.